The number of aromatic nitrogens is 2. The molecule has 2 aromatic rings. The van der Waals surface area contributed by atoms with Crippen LogP contribution in [0.3, 0.4) is 0 Å². The van der Waals surface area contributed by atoms with Crippen molar-refractivity contribution in [2.24, 2.45) is 0 Å². The number of carbonyl (C=O) groups excluding carboxylic acids is 1. The van der Waals surface area contributed by atoms with Crippen LogP contribution >= 0.6 is 0 Å². The molecule has 0 spiro atoms. The normalized spacial score (nSPS) is 10.7. The Bertz CT molecular complexity index is 637. The van der Waals surface area contributed by atoms with Gasteiger partial charge in [-0.1, -0.05) is 18.9 Å². The third kappa shape index (κ3) is 3.95. The molecule has 2 rings (SSSR count). The summed E-state index contributed by atoms with van der Waals surface area (Å²) in [6.07, 6.45) is 0. The molecule has 0 saturated heterocycles. The van der Waals surface area contributed by atoms with Crippen LogP contribution in [0.15, 0.2) is 22.6 Å². The Balaban J connectivity index is 1.89. The van der Waals surface area contributed by atoms with Crippen molar-refractivity contribution in [2.75, 3.05) is 17.7 Å². The van der Waals surface area contributed by atoms with Crippen molar-refractivity contribution in [3.63, 3.8) is 0 Å². The first-order valence-corrected chi connectivity index (χ1v) is 6.58. The molecule has 1 aromatic carbocycles. The average Bonchev–Trinajstić information content (AvgIpc) is 2.86. The van der Waals surface area contributed by atoms with Crippen LogP contribution in [0.4, 0.5) is 11.7 Å². The Morgan fingerprint density at radius 1 is 1.43 bits per heavy atom. The molecule has 3 N–H and O–H groups in total. The molecule has 0 atom stereocenters. The standard InChI is InChI=1S/C14H18N4O3/c1-8(2)13-17-18-14(21-13)16-12(19)7-20-11-5-4-10(15)6-9(11)3/h4-6,8H,7,15H2,1-3H3,(H,16,18,19). The average molecular weight is 290 g/mol. The second kappa shape index (κ2) is 6.25. The number of rotatable bonds is 5. The number of amides is 1. The van der Waals surface area contributed by atoms with Gasteiger partial charge in [-0.15, -0.1) is 5.10 Å². The van der Waals surface area contributed by atoms with Crippen LogP contribution in [-0.2, 0) is 4.79 Å². The number of nitrogen functional groups attached to an aromatic ring is 1. The lowest BCUT2D eigenvalue weighted by molar-refractivity contribution is -0.118. The van der Waals surface area contributed by atoms with E-state index in [1.807, 2.05) is 20.8 Å². The summed E-state index contributed by atoms with van der Waals surface area (Å²) in [5.74, 6) is 0.815. The molecule has 0 aliphatic carbocycles. The fourth-order valence-corrected chi connectivity index (χ4v) is 1.65. The second-order valence-corrected chi connectivity index (χ2v) is 4.96. The van der Waals surface area contributed by atoms with Crippen LogP contribution in [-0.4, -0.2) is 22.7 Å². The van der Waals surface area contributed by atoms with Gasteiger partial charge in [-0.25, -0.2) is 0 Å². The SMILES string of the molecule is Cc1cc(N)ccc1OCC(=O)Nc1nnc(C(C)C)o1. The molecule has 0 aliphatic heterocycles. The summed E-state index contributed by atoms with van der Waals surface area (Å²) < 4.78 is 10.7. The molecule has 0 fully saturated rings. The third-order valence-electron chi connectivity index (χ3n) is 2.74. The van der Waals surface area contributed by atoms with Crippen molar-refractivity contribution in [1.82, 2.24) is 10.2 Å². The number of nitrogens with two attached hydrogens (primary N) is 1. The van der Waals surface area contributed by atoms with E-state index < -0.39 is 0 Å². The van der Waals surface area contributed by atoms with Crippen LogP contribution < -0.4 is 15.8 Å². The van der Waals surface area contributed by atoms with Crippen molar-refractivity contribution in [3.8, 4) is 5.75 Å². The number of nitrogens with zero attached hydrogens (tertiary/aromatic N) is 2. The largest absolute Gasteiger partial charge is 0.483 e. The van der Waals surface area contributed by atoms with Gasteiger partial charge in [-0.2, -0.15) is 0 Å². The van der Waals surface area contributed by atoms with E-state index >= 15 is 0 Å². The molecular weight excluding hydrogens is 272 g/mol. The number of hydrogen-bond donors (Lipinski definition) is 2. The highest BCUT2D eigenvalue weighted by Crippen LogP contribution is 2.20. The van der Waals surface area contributed by atoms with Gasteiger partial charge in [0.25, 0.3) is 5.91 Å². The van der Waals surface area contributed by atoms with Crippen LogP contribution in [0.1, 0.15) is 31.2 Å². The van der Waals surface area contributed by atoms with E-state index in [1.54, 1.807) is 18.2 Å². The van der Waals surface area contributed by atoms with E-state index in [2.05, 4.69) is 15.5 Å². The third-order valence-corrected chi connectivity index (χ3v) is 2.74. The molecule has 21 heavy (non-hydrogen) atoms. The van der Waals surface area contributed by atoms with Crippen LogP contribution in [0.2, 0.25) is 0 Å². The Labute approximate surface area is 122 Å². The number of nitrogens with one attached hydrogen (secondary N) is 1. The lowest BCUT2D eigenvalue weighted by Gasteiger charge is -2.08. The van der Waals surface area contributed by atoms with E-state index in [0.29, 0.717) is 17.3 Å². The van der Waals surface area contributed by atoms with Gasteiger partial charge in [-0.05, 0) is 30.7 Å². The van der Waals surface area contributed by atoms with E-state index in [0.717, 1.165) is 5.56 Å². The highest BCUT2D eigenvalue weighted by atomic mass is 16.5. The molecule has 112 valence electrons. The highest BCUT2D eigenvalue weighted by molar-refractivity contribution is 5.89. The van der Waals surface area contributed by atoms with Gasteiger partial charge in [0.15, 0.2) is 6.61 Å². The van der Waals surface area contributed by atoms with Crippen molar-refractivity contribution in [1.29, 1.82) is 0 Å². The Morgan fingerprint density at radius 2 is 2.19 bits per heavy atom. The quantitative estimate of drug-likeness (QED) is 0.817. The van der Waals surface area contributed by atoms with Gasteiger partial charge in [0, 0.05) is 11.6 Å². The monoisotopic (exact) mass is 290 g/mol. The first kappa shape index (κ1) is 14.8. The van der Waals surface area contributed by atoms with E-state index in [9.17, 15) is 4.79 Å². The van der Waals surface area contributed by atoms with Gasteiger partial charge in [0.2, 0.25) is 5.89 Å². The van der Waals surface area contributed by atoms with Crippen molar-refractivity contribution in [2.45, 2.75) is 26.7 Å². The molecule has 1 amide bonds. The fourth-order valence-electron chi connectivity index (χ4n) is 1.65. The summed E-state index contributed by atoms with van der Waals surface area (Å²) >= 11 is 0. The summed E-state index contributed by atoms with van der Waals surface area (Å²) in [6, 6.07) is 5.29. The predicted octanol–water partition coefficient (Wildman–Crippen LogP) is 2.10. The second-order valence-electron chi connectivity index (χ2n) is 4.96. The molecule has 7 heteroatoms. The smallest absolute Gasteiger partial charge is 0.322 e. The molecule has 1 aromatic heterocycles. The minimum absolute atomic E-state index is 0.0707. The summed E-state index contributed by atoms with van der Waals surface area (Å²) in [5.41, 5.74) is 7.16. The Hall–Kier alpha value is -2.57. The van der Waals surface area contributed by atoms with Crippen LogP contribution in [0.25, 0.3) is 0 Å². The minimum atomic E-state index is -0.370. The van der Waals surface area contributed by atoms with Crippen LogP contribution in [0.5, 0.6) is 5.75 Å². The number of benzene rings is 1. The zero-order valence-corrected chi connectivity index (χ0v) is 12.2. The highest BCUT2D eigenvalue weighted by Gasteiger charge is 2.12. The molecular formula is C14H18N4O3. The predicted molar refractivity (Wildman–Crippen MR) is 78.1 cm³/mol. The topological polar surface area (TPSA) is 103 Å². The Morgan fingerprint density at radius 3 is 2.81 bits per heavy atom. The van der Waals surface area contributed by atoms with Gasteiger partial charge in [0.1, 0.15) is 5.75 Å². The number of aryl methyl sites for hydroxylation is 1. The first-order chi connectivity index (χ1) is 9.95. The zero-order valence-electron chi connectivity index (χ0n) is 12.2. The summed E-state index contributed by atoms with van der Waals surface area (Å²) in [7, 11) is 0. The van der Waals surface area contributed by atoms with Gasteiger partial charge < -0.3 is 14.9 Å². The van der Waals surface area contributed by atoms with Crippen LogP contribution in [0, 0.1) is 6.92 Å². The molecule has 7 nitrogen and oxygen atoms in total. The van der Waals surface area contributed by atoms with E-state index in [4.69, 9.17) is 14.9 Å². The fraction of sp³-hybridized carbons (Fsp3) is 0.357. The van der Waals surface area contributed by atoms with Crippen molar-refractivity contribution >= 4 is 17.6 Å². The maximum atomic E-state index is 11.8. The molecule has 0 radical (unpaired) electrons. The number of ether oxygens (including phenoxy) is 1. The summed E-state index contributed by atoms with van der Waals surface area (Å²) in [5, 5.41) is 10.1. The van der Waals surface area contributed by atoms with Gasteiger partial charge >= 0.3 is 6.01 Å². The molecule has 0 unspecified atom stereocenters. The van der Waals surface area contributed by atoms with Crippen molar-refractivity contribution in [3.05, 3.63) is 29.7 Å². The Kier molecular flexibility index (Phi) is 4.42. The van der Waals surface area contributed by atoms with Crippen molar-refractivity contribution < 1.29 is 13.9 Å². The number of hydrogen-bond acceptors (Lipinski definition) is 6. The molecule has 0 bridgehead atoms. The van der Waals surface area contributed by atoms with Gasteiger partial charge in [0.05, 0.1) is 0 Å². The summed E-state index contributed by atoms with van der Waals surface area (Å²) in [4.78, 5) is 11.8. The number of anilines is 2. The molecule has 0 aliphatic rings. The zero-order chi connectivity index (χ0) is 15.4. The summed E-state index contributed by atoms with van der Waals surface area (Å²) in [6.45, 7) is 5.55. The first-order valence-electron chi connectivity index (χ1n) is 6.58. The van der Waals surface area contributed by atoms with E-state index in [1.165, 1.54) is 0 Å². The maximum Gasteiger partial charge on any atom is 0.322 e. The molecule has 1 heterocycles. The minimum Gasteiger partial charge on any atom is -0.483 e. The lowest BCUT2D eigenvalue weighted by Crippen LogP contribution is -2.20. The van der Waals surface area contributed by atoms with E-state index in [-0.39, 0.29) is 24.4 Å². The number of carbonyl (C=O) groups is 1. The molecule has 0 saturated carbocycles. The lowest BCUT2D eigenvalue weighted by atomic mass is 10.2. The maximum absolute atomic E-state index is 11.8. The van der Waals surface area contributed by atoms with Gasteiger partial charge in [-0.3, -0.25) is 10.1 Å².